The molecule has 4 rings (SSSR count). The van der Waals surface area contributed by atoms with Crippen molar-refractivity contribution in [2.24, 2.45) is 0 Å². The lowest BCUT2D eigenvalue weighted by Gasteiger charge is -2.09. The van der Waals surface area contributed by atoms with E-state index in [4.69, 9.17) is 9.15 Å². The van der Waals surface area contributed by atoms with Gasteiger partial charge in [-0.2, -0.15) is 0 Å². The molecule has 0 aliphatic heterocycles. The summed E-state index contributed by atoms with van der Waals surface area (Å²) in [7, 11) is 1.61. The molecule has 0 aliphatic carbocycles. The lowest BCUT2D eigenvalue weighted by molar-refractivity contribution is 0.415. The van der Waals surface area contributed by atoms with E-state index in [2.05, 4.69) is 15.2 Å². The largest absolute Gasteiger partial charge is 0.497 e. The third-order valence-electron chi connectivity index (χ3n) is 4.36. The summed E-state index contributed by atoms with van der Waals surface area (Å²) in [6.45, 7) is 3.86. The topological polar surface area (TPSA) is 83.0 Å². The van der Waals surface area contributed by atoms with Crippen LogP contribution in [0, 0.1) is 13.8 Å². The predicted octanol–water partition coefficient (Wildman–Crippen LogP) is 3.12. The molecule has 0 spiro atoms. The average Bonchev–Trinajstić information content (AvgIpc) is 3.15. The highest BCUT2D eigenvalue weighted by molar-refractivity contribution is 5.75. The van der Waals surface area contributed by atoms with Gasteiger partial charge < -0.3 is 9.15 Å². The summed E-state index contributed by atoms with van der Waals surface area (Å²) in [5.74, 6) is 1.50. The molecule has 0 bridgehead atoms. The Morgan fingerprint density at radius 1 is 1.07 bits per heavy atom. The van der Waals surface area contributed by atoms with Crippen LogP contribution in [0.3, 0.4) is 0 Å². The Morgan fingerprint density at radius 2 is 1.85 bits per heavy atom. The fourth-order valence-corrected chi connectivity index (χ4v) is 2.94. The van der Waals surface area contributed by atoms with Crippen molar-refractivity contribution in [3.05, 3.63) is 70.0 Å². The first-order chi connectivity index (χ1) is 13.0. The van der Waals surface area contributed by atoms with Gasteiger partial charge in [0.15, 0.2) is 0 Å². The van der Waals surface area contributed by atoms with Crippen LogP contribution in [-0.2, 0) is 6.54 Å². The van der Waals surface area contributed by atoms with Crippen molar-refractivity contribution in [1.29, 1.82) is 0 Å². The number of aromatic nitrogens is 4. The van der Waals surface area contributed by atoms with Crippen molar-refractivity contribution in [2.45, 2.75) is 20.4 Å². The van der Waals surface area contributed by atoms with Gasteiger partial charge in [-0.15, -0.1) is 10.2 Å². The Balaban J connectivity index is 1.72. The minimum absolute atomic E-state index is 0.169. The van der Waals surface area contributed by atoms with Gasteiger partial charge in [0.25, 0.3) is 5.56 Å². The van der Waals surface area contributed by atoms with Crippen molar-refractivity contribution < 1.29 is 9.15 Å². The van der Waals surface area contributed by atoms with Gasteiger partial charge in [0.05, 0.1) is 18.1 Å². The fraction of sp³-hybridized carbons (Fsp3) is 0.200. The molecular weight excluding hydrogens is 344 g/mol. The quantitative estimate of drug-likeness (QED) is 0.555. The van der Waals surface area contributed by atoms with Gasteiger partial charge >= 0.3 is 0 Å². The van der Waals surface area contributed by atoms with Gasteiger partial charge in [-0.05, 0) is 55.8 Å². The number of nitrogens with zero attached hydrogens (tertiary/aromatic N) is 4. The Hall–Kier alpha value is -3.48. The summed E-state index contributed by atoms with van der Waals surface area (Å²) < 4.78 is 12.6. The Bertz CT molecular complexity index is 1180. The highest BCUT2D eigenvalue weighted by Crippen LogP contribution is 2.22. The molecule has 2 aromatic heterocycles. The second-order valence-corrected chi connectivity index (χ2v) is 6.31. The zero-order valence-corrected chi connectivity index (χ0v) is 15.3. The van der Waals surface area contributed by atoms with Crippen LogP contribution in [0.4, 0.5) is 0 Å². The standard InChI is InChI=1S/C20H18N4O3/c1-12-4-9-16-17(10-12)24(20(25)13(2)21-16)11-18-22-23-19(27-18)14-5-7-15(26-3)8-6-14/h4-10H,11H2,1-3H3. The minimum Gasteiger partial charge on any atom is -0.497 e. The van der Waals surface area contributed by atoms with Gasteiger partial charge in [-0.1, -0.05) is 6.07 Å². The molecule has 0 fully saturated rings. The Kier molecular flexibility index (Phi) is 4.19. The summed E-state index contributed by atoms with van der Waals surface area (Å²) in [4.78, 5) is 17.0. The van der Waals surface area contributed by atoms with E-state index in [-0.39, 0.29) is 12.1 Å². The van der Waals surface area contributed by atoms with Gasteiger partial charge in [-0.3, -0.25) is 9.36 Å². The number of ether oxygens (including phenoxy) is 1. The fourth-order valence-electron chi connectivity index (χ4n) is 2.94. The van der Waals surface area contributed by atoms with Crippen LogP contribution in [0.2, 0.25) is 0 Å². The molecule has 2 aromatic carbocycles. The average molecular weight is 362 g/mol. The highest BCUT2D eigenvalue weighted by Gasteiger charge is 2.14. The van der Waals surface area contributed by atoms with E-state index >= 15 is 0 Å². The summed E-state index contributed by atoms with van der Waals surface area (Å²) >= 11 is 0. The number of fused-ring (bicyclic) bond motifs is 1. The van der Waals surface area contributed by atoms with Crippen molar-refractivity contribution in [1.82, 2.24) is 19.7 Å². The van der Waals surface area contributed by atoms with Crippen molar-refractivity contribution in [2.75, 3.05) is 7.11 Å². The molecule has 27 heavy (non-hydrogen) atoms. The summed E-state index contributed by atoms with van der Waals surface area (Å²) in [6.07, 6.45) is 0. The Morgan fingerprint density at radius 3 is 2.59 bits per heavy atom. The van der Waals surface area contributed by atoms with Crippen LogP contribution in [0.25, 0.3) is 22.5 Å². The zero-order chi connectivity index (χ0) is 19.0. The maximum absolute atomic E-state index is 12.6. The van der Waals surface area contributed by atoms with Gasteiger partial charge in [-0.25, -0.2) is 4.98 Å². The molecule has 7 nitrogen and oxygen atoms in total. The van der Waals surface area contributed by atoms with E-state index in [0.29, 0.717) is 17.5 Å². The molecule has 0 aliphatic rings. The maximum atomic E-state index is 12.6. The molecule has 2 heterocycles. The summed E-state index contributed by atoms with van der Waals surface area (Å²) in [5, 5.41) is 8.20. The van der Waals surface area contributed by atoms with Gasteiger partial charge in [0, 0.05) is 5.56 Å². The van der Waals surface area contributed by atoms with E-state index in [1.54, 1.807) is 18.6 Å². The number of hydrogen-bond acceptors (Lipinski definition) is 6. The minimum atomic E-state index is -0.169. The molecule has 4 aromatic rings. The van der Waals surface area contributed by atoms with Gasteiger partial charge in [0.2, 0.25) is 11.8 Å². The van der Waals surface area contributed by atoms with Crippen molar-refractivity contribution in [3.8, 4) is 17.2 Å². The lowest BCUT2D eigenvalue weighted by Crippen LogP contribution is -2.24. The van der Waals surface area contributed by atoms with E-state index in [1.807, 2.05) is 49.4 Å². The number of aryl methyl sites for hydroxylation is 2. The SMILES string of the molecule is COc1ccc(-c2nnc(Cn3c(=O)c(C)nc4ccc(C)cc43)o2)cc1. The normalized spacial score (nSPS) is 11.1. The zero-order valence-electron chi connectivity index (χ0n) is 15.3. The molecule has 0 N–H and O–H groups in total. The van der Waals surface area contributed by atoms with Crippen molar-refractivity contribution in [3.63, 3.8) is 0 Å². The number of benzene rings is 2. The number of rotatable bonds is 4. The van der Waals surface area contributed by atoms with Gasteiger partial charge in [0.1, 0.15) is 18.0 Å². The van der Waals surface area contributed by atoms with Crippen LogP contribution in [0.1, 0.15) is 17.1 Å². The molecule has 0 unspecified atom stereocenters. The molecule has 0 saturated carbocycles. The van der Waals surface area contributed by atoms with Crippen molar-refractivity contribution >= 4 is 11.0 Å². The predicted molar refractivity (Wildman–Crippen MR) is 101 cm³/mol. The van der Waals surface area contributed by atoms with Crippen LogP contribution in [0.15, 0.2) is 51.7 Å². The molecule has 0 atom stereocenters. The third kappa shape index (κ3) is 3.19. The number of hydrogen-bond donors (Lipinski definition) is 0. The van der Waals surface area contributed by atoms with E-state index in [0.717, 1.165) is 27.9 Å². The first-order valence-corrected chi connectivity index (χ1v) is 8.50. The summed E-state index contributed by atoms with van der Waals surface area (Å²) in [6, 6.07) is 13.2. The number of methoxy groups -OCH3 is 1. The van der Waals surface area contributed by atoms with Crippen LogP contribution in [-0.4, -0.2) is 26.9 Å². The lowest BCUT2D eigenvalue weighted by atomic mass is 10.2. The van der Waals surface area contributed by atoms with E-state index in [1.165, 1.54) is 0 Å². The molecule has 0 saturated heterocycles. The monoisotopic (exact) mass is 362 g/mol. The molecule has 0 amide bonds. The second-order valence-electron chi connectivity index (χ2n) is 6.31. The third-order valence-corrected chi connectivity index (χ3v) is 4.36. The maximum Gasteiger partial charge on any atom is 0.272 e. The highest BCUT2D eigenvalue weighted by atomic mass is 16.5. The molecule has 7 heteroatoms. The van der Waals surface area contributed by atoms with E-state index in [9.17, 15) is 4.79 Å². The van der Waals surface area contributed by atoms with E-state index < -0.39 is 0 Å². The summed E-state index contributed by atoms with van der Waals surface area (Å²) in [5.41, 5.74) is 3.60. The molecule has 0 radical (unpaired) electrons. The first-order valence-electron chi connectivity index (χ1n) is 8.50. The smallest absolute Gasteiger partial charge is 0.272 e. The second kappa shape index (κ2) is 6.68. The van der Waals surface area contributed by atoms with Crippen LogP contribution in [0.5, 0.6) is 5.75 Å². The van der Waals surface area contributed by atoms with Crippen LogP contribution >= 0.6 is 0 Å². The molecular formula is C20H18N4O3. The molecule has 136 valence electrons. The van der Waals surface area contributed by atoms with Crippen LogP contribution < -0.4 is 10.3 Å². The first kappa shape index (κ1) is 17.0. The Labute approximate surface area is 155 Å².